The Balaban J connectivity index is 0.00000400. The summed E-state index contributed by atoms with van der Waals surface area (Å²) in [5.41, 5.74) is 1.93. The summed E-state index contributed by atoms with van der Waals surface area (Å²) < 4.78 is 11.1. The fourth-order valence-corrected chi connectivity index (χ4v) is 2.24. The van der Waals surface area contributed by atoms with Gasteiger partial charge in [0.25, 0.3) is 0 Å². The molecule has 0 spiro atoms. The van der Waals surface area contributed by atoms with Crippen LogP contribution in [0.25, 0.3) is 0 Å². The molecule has 0 bridgehead atoms. The van der Waals surface area contributed by atoms with Gasteiger partial charge in [-0.15, -0.1) is 0 Å². The van der Waals surface area contributed by atoms with Crippen molar-refractivity contribution in [2.75, 3.05) is 20.3 Å². The molecule has 1 amide bonds. The molecule has 0 aliphatic rings. The van der Waals surface area contributed by atoms with Crippen molar-refractivity contribution in [1.82, 2.24) is 0 Å². The fraction of sp³-hybridized carbons (Fsp3) is 0.562. The van der Waals surface area contributed by atoms with Crippen LogP contribution in [0.15, 0.2) is 18.2 Å². The van der Waals surface area contributed by atoms with E-state index >= 15 is 0 Å². The predicted molar refractivity (Wildman–Crippen MR) is 79.4 cm³/mol. The first-order chi connectivity index (χ1) is 9.65. The van der Waals surface area contributed by atoms with E-state index in [1.807, 2.05) is 25.1 Å². The third-order valence-corrected chi connectivity index (χ3v) is 3.25. The van der Waals surface area contributed by atoms with Gasteiger partial charge in [0.15, 0.2) is 11.4 Å². The maximum absolute atomic E-state index is 11.9. The number of quaternary nitrogens is 1. The topological polar surface area (TPSA) is 40.0 Å². The van der Waals surface area contributed by atoms with Crippen molar-refractivity contribution in [2.45, 2.75) is 40.2 Å². The number of ether oxygens (including phenoxy) is 2. The summed E-state index contributed by atoms with van der Waals surface area (Å²) in [6.45, 7) is 7.59. The molecule has 1 aromatic carbocycles. The quantitative estimate of drug-likeness (QED) is 0.632. The highest BCUT2D eigenvalue weighted by atomic mass is 35.5. The standard InChI is InChI=1S/C16H25NO3.ClH/c1-5-7-11-20-15-10-8-9-14(12-19-4)16(15)17(6-2)13(3)18;/h8-10H,5-7,11-12H2,1-4H3;1H. The molecule has 120 valence electrons. The van der Waals surface area contributed by atoms with Gasteiger partial charge in [-0.05, 0) is 19.4 Å². The molecule has 0 aliphatic heterocycles. The second kappa shape index (κ2) is 10.6. The van der Waals surface area contributed by atoms with Crippen LogP contribution in [0.2, 0.25) is 0 Å². The summed E-state index contributed by atoms with van der Waals surface area (Å²) >= 11 is 0. The summed E-state index contributed by atoms with van der Waals surface area (Å²) in [5, 5.41) is 0. The maximum atomic E-state index is 11.9. The number of halogens is 1. The Morgan fingerprint density at radius 2 is 2.00 bits per heavy atom. The van der Waals surface area contributed by atoms with Crippen LogP contribution in [0.1, 0.15) is 39.2 Å². The minimum absolute atomic E-state index is 0. The highest BCUT2D eigenvalue weighted by Crippen LogP contribution is 2.26. The summed E-state index contributed by atoms with van der Waals surface area (Å²) in [5.74, 6) is 0.886. The minimum Gasteiger partial charge on any atom is -1.00 e. The summed E-state index contributed by atoms with van der Waals surface area (Å²) in [4.78, 5) is 12.7. The number of rotatable bonds is 8. The predicted octanol–water partition coefficient (Wildman–Crippen LogP) is -0.901. The van der Waals surface area contributed by atoms with Crippen molar-refractivity contribution >= 4 is 11.6 Å². The third-order valence-electron chi connectivity index (χ3n) is 3.25. The zero-order valence-electron chi connectivity index (χ0n) is 13.4. The average Bonchev–Trinajstić information content (AvgIpc) is 2.42. The van der Waals surface area contributed by atoms with Crippen molar-refractivity contribution in [3.05, 3.63) is 23.8 Å². The number of methoxy groups -OCH3 is 1. The van der Waals surface area contributed by atoms with E-state index in [1.165, 1.54) is 0 Å². The zero-order valence-corrected chi connectivity index (χ0v) is 14.1. The SMILES string of the molecule is CCCCOc1cccc(COC)c1[NH+](CC)C(C)=O.[Cl-]. The van der Waals surface area contributed by atoms with Gasteiger partial charge < -0.3 is 21.9 Å². The normalized spacial score (nSPS) is 11.6. The number of unbranched alkanes of at least 4 members (excludes halogenated alkanes) is 1. The van der Waals surface area contributed by atoms with E-state index in [9.17, 15) is 4.79 Å². The van der Waals surface area contributed by atoms with Gasteiger partial charge >= 0.3 is 5.91 Å². The van der Waals surface area contributed by atoms with Crippen molar-refractivity contribution in [3.63, 3.8) is 0 Å². The van der Waals surface area contributed by atoms with E-state index in [4.69, 9.17) is 9.47 Å². The van der Waals surface area contributed by atoms with Crippen LogP contribution >= 0.6 is 0 Å². The number of amides is 1. The van der Waals surface area contributed by atoms with E-state index in [0.29, 0.717) is 19.8 Å². The van der Waals surface area contributed by atoms with Crippen molar-refractivity contribution < 1.29 is 31.6 Å². The molecule has 0 heterocycles. The van der Waals surface area contributed by atoms with Gasteiger partial charge in [-0.2, -0.15) is 0 Å². The second-order valence-corrected chi connectivity index (χ2v) is 4.81. The maximum Gasteiger partial charge on any atom is 0.314 e. The van der Waals surface area contributed by atoms with E-state index in [-0.39, 0.29) is 18.3 Å². The molecule has 0 aromatic heterocycles. The Morgan fingerprint density at radius 3 is 2.52 bits per heavy atom. The summed E-state index contributed by atoms with van der Waals surface area (Å²) in [6.07, 6.45) is 2.10. The molecule has 1 atom stereocenters. The molecule has 21 heavy (non-hydrogen) atoms. The van der Waals surface area contributed by atoms with Gasteiger partial charge in [-0.3, -0.25) is 0 Å². The monoisotopic (exact) mass is 315 g/mol. The summed E-state index contributed by atoms with van der Waals surface area (Å²) in [6, 6.07) is 5.87. The van der Waals surface area contributed by atoms with Gasteiger partial charge in [0, 0.05) is 12.7 Å². The Morgan fingerprint density at radius 1 is 1.29 bits per heavy atom. The number of nitrogens with one attached hydrogen (secondary N) is 1. The van der Waals surface area contributed by atoms with Crippen LogP contribution in [0.4, 0.5) is 5.69 Å². The summed E-state index contributed by atoms with van der Waals surface area (Å²) in [7, 11) is 1.66. The van der Waals surface area contributed by atoms with Crippen LogP contribution in [-0.2, 0) is 16.1 Å². The smallest absolute Gasteiger partial charge is 0.314 e. The Hall–Kier alpha value is -1.10. The van der Waals surface area contributed by atoms with E-state index in [2.05, 4.69) is 6.92 Å². The molecule has 0 saturated heterocycles. The van der Waals surface area contributed by atoms with Crippen LogP contribution in [0.5, 0.6) is 5.75 Å². The van der Waals surface area contributed by atoms with Crippen LogP contribution < -0.4 is 22.0 Å². The van der Waals surface area contributed by atoms with E-state index in [1.54, 1.807) is 14.0 Å². The molecule has 0 radical (unpaired) electrons. The molecule has 1 N–H and O–H groups in total. The lowest BCUT2D eigenvalue weighted by Gasteiger charge is -2.19. The second-order valence-electron chi connectivity index (χ2n) is 4.81. The number of hydrogen-bond acceptors (Lipinski definition) is 3. The lowest BCUT2D eigenvalue weighted by atomic mass is 10.1. The molecule has 0 saturated carbocycles. The average molecular weight is 316 g/mol. The van der Waals surface area contributed by atoms with Crippen LogP contribution in [0.3, 0.4) is 0 Å². The van der Waals surface area contributed by atoms with Gasteiger partial charge in [0.2, 0.25) is 0 Å². The highest BCUT2D eigenvalue weighted by molar-refractivity contribution is 5.69. The number of carbonyl (C=O) groups excluding carboxylic acids is 1. The molecular formula is C16H26ClNO3. The lowest BCUT2D eigenvalue weighted by molar-refractivity contribution is -0.746. The van der Waals surface area contributed by atoms with Crippen LogP contribution in [0, 0.1) is 0 Å². The highest BCUT2D eigenvalue weighted by Gasteiger charge is 2.24. The van der Waals surface area contributed by atoms with Gasteiger partial charge in [0.1, 0.15) is 0 Å². The number of hydrogen-bond donors (Lipinski definition) is 1. The number of carbonyl (C=O) groups is 1. The largest absolute Gasteiger partial charge is 1.00 e. The molecule has 1 aromatic rings. The van der Waals surface area contributed by atoms with Gasteiger partial charge in [-0.25, -0.2) is 9.69 Å². The number of benzene rings is 1. The minimum atomic E-state index is 0. The Bertz CT molecular complexity index is 438. The first-order valence-electron chi connectivity index (χ1n) is 7.26. The Labute approximate surface area is 133 Å². The molecular weight excluding hydrogens is 290 g/mol. The molecule has 4 nitrogen and oxygen atoms in total. The molecule has 1 rings (SSSR count). The fourth-order valence-electron chi connectivity index (χ4n) is 2.24. The first-order valence-corrected chi connectivity index (χ1v) is 7.26. The van der Waals surface area contributed by atoms with Crippen molar-refractivity contribution in [2.24, 2.45) is 0 Å². The zero-order chi connectivity index (χ0) is 15.0. The molecule has 1 unspecified atom stereocenters. The molecule has 0 fully saturated rings. The molecule has 0 aliphatic carbocycles. The molecule has 5 heteroatoms. The first kappa shape index (κ1) is 19.9. The van der Waals surface area contributed by atoms with Crippen LogP contribution in [-0.4, -0.2) is 26.2 Å². The van der Waals surface area contributed by atoms with E-state index in [0.717, 1.165) is 34.7 Å². The van der Waals surface area contributed by atoms with Crippen molar-refractivity contribution in [3.8, 4) is 5.75 Å². The van der Waals surface area contributed by atoms with Crippen molar-refractivity contribution in [1.29, 1.82) is 0 Å². The third kappa shape index (κ3) is 5.65. The lowest BCUT2D eigenvalue weighted by Crippen LogP contribution is -3.09. The van der Waals surface area contributed by atoms with Gasteiger partial charge in [0.05, 0.1) is 26.7 Å². The van der Waals surface area contributed by atoms with Gasteiger partial charge in [-0.1, -0.05) is 25.5 Å². The Kier molecular flexibility index (Phi) is 10.0. The van der Waals surface area contributed by atoms with E-state index < -0.39 is 0 Å². The number of para-hydroxylation sites is 1.